The van der Waals surface area contributed by atoms with Gasteiger partial charge in [-0.3, -0.25) is 4.79 Å². The summed E-state index contributed by atoms with van der Waals surface area (Å²) < 4.78 is 12.8. The summed E-state index contributed by atoms with van der Waals surface area (Å²) in [5, 5.41) is 14.5. The van der Waals surface area contributed by atoms with Gasteiger partial charge in [0.2, 0.25) is 5.91 Å². The molecule has 2 heterocycles. The molecule has 1 aliphatic heterocycles. The van der Waals surface area contributed by atoms with E-state index in [4.69, 9.17) is 9.47 Å². The molecule has 2 aliphatic rings. The minimum Gasteiger partial charge on any atom is -0.486 e. The molecule has 0 saturated heterocycles. The fourth-order valence-electron chi connectivity index (χ4n) is 3.64. The van der Waals surface area contributed by atoms with Gasteiger partial charge in [0, 0.05) is 0 Å². The van der Waals surface area contributed by atoms with Gasteiger partial charge in [0.1, 0.15) is 25.6 Å². The summed E-state index contributed by atoms with van der Waals surface area (Å²) in [5.74, 6) is 2.04. The average molecular weight is 343 g/mol. The van der Waals surface area contributed by atoms with Crippen molar-refractivity contribution in [3.05, 3.63) is 29.6 Å². The lowest BCUT2D eigenvalue weighted by atomic mass is 9.87. The Morgan fingerprint density at radius 2 is 2.00 bits per heavy atom. The SMILES string of the molecule is Cc1nnnn1CC(=O)NC1(c2ccc3c(c2)OCCO3)CCCC1. The van der Waals surface area contributed by atoms with Gasteiger partial charge in [0.15, 0.2) is 11.5 Å². The molecular formula is C17H21N5O3. The number of tetrazole rings is 1. The molecule has 8 heteroatoms. The van der Waals surface area contributed by atoms with Crippen LogP contribution in [0.25, 0.3) is 0 Å². The molecular weight excluding hydrogens is 322 g/mol. The number of nitrogens with one attached hydrogen (secondary N) is 1. The van der Waals surface area contributed by atoms with Crippen LogP contribution in [0.2, 0.25) is 0 Å². The summed E-state index contributed by atoms with van der Waals surface area (Å²) in [6, 6.07) is 5.96. The van der Waals surface area contributed by atoms with E-state index < -0.39 is 0 Å². The third-order valence-corrected chi connectivity index (χ3v) is 4.93. The van der Waals surface area contributed by atoms with Gasteiger partial charge in [0.05, 0.1) is 5.54 Å². The van der Waals surface area contributed by atoms with Gasteiger partial charge in [-0.2, -0.15) is 0 Å². The van der Waals surface area contributed by atoms with Crippen molar-refractivity contribution in [1.82, 2.24) is 25.5 Å². The molecule has 0 unspecified atom stereocenters. The quantitative estimate of drug-likeness (QED) is 0.901. The van der Waals surface area contributed by atoms with E-state index in [-0.39, 0.29) is 18.0 Å². The second-order valence-corrected chi connectivity index (χ2v) is 6.58. The highest BCUT2D eigenvalue weighted by Gasteiger charge is 2.38. The smallest absolute Gasteiger partial charge is 0.242 e. The van der Waals surface area contributed by atoms with Gasteiger partial charge < -0.3 is 14.8 Å². The van der Waals surface area contributed by atoms with E-state index in [0.29, 0.717) is 19.0 Å². The highest BCUT2D eigenvalue weighted by molar-refractivity contribution is 5.77. The van der Waals surface area contributed by atoms with Crippen molar-refractivity contribution < 1.29 is 14.3 Å². The topological polar surface area (TPSA) is 91.2 Å². The molecule has 0 atom stereocenters. The van der Waals surface area contributed by atoms with Crippen molar-refractivity contribution in [3.8, 4) is 11.5 Å². The van der Waals surface area contributed by atoms with E-state index in [1.54, 1.807) is 6.92 Å². The molecule has 1 fully saturated rings. The molecule has 4 rings (SSSR count). The first-order chi connectivity index (χ1) is 12.2. The normalized spacial score (nSPS) is 18.1. The van der Waals surface area contributed by atoms with Crippen molar-refractivity contribution in [2.75, 3.05) is 13.2 Å². The first-order valence-corrected chi connectivity index (χ1v) is 8.60. The second kappa shape index (κ2) is 6.34. The molecule has 0 spiro atoms. The zero-order valence-electron chi connectivity index (χ0n) is 14.2. The van der Waals surface area contributed by atoms with Crippen LogP contribution in [0.1, 0.15) is 37.1 Å². The van der Waals surface area contributed by atoms with Crippen molar-refractivity contribution in [1.29, 1.82) is 0 Å². The zero-order valence-corrected chi connectivity index (χ0v) is 14.2. The van der Waals surface area contributed by atoms with Crippen molar-refractivity contribution >= 4 is 5.91 Å². The number of rotatable bonds is 4. The third-order valence-electron chi connectivity index (χ3n) is 4.93. The van der Waals surface area contributed by atoms with Crippen LogP contribution in [0.5, 0.6) is 11.5 Å². The molecule has 0 radical (unpaired) electrons. The monoisotopic (exact) mass is 343 g/mol. The number of nitrogens with zero attached hydrogens (tertiary/aromatic N) is 4. The van der Waals surface area contributed by atoms with Crippen LogP contribution in [0.4, 0.5) is 0 Å². The highest BCUT2D eigenvalue weighted by Crippen LogP contribution is 2.42. The summed E-state index contributed by atoms with van der Waals surface area (Å²) in [5.41, 5.74) is 0.700. The van der Waals surface area contributed by atoms with Crippen LogP contribution >= 0.6 is 0 Å². The van der Waals surface area contributed by atoms with Crippen molar-refractivity contribution in [2.24, 2.45) is 0 Å². The standard InChI is InChI=1S/C17H21N5O3/c1-12-19-20-21-22(12)11-16(23)18-17(6-2-3-7-17)13-4-5-14-15(10-13)25-9-8-24-14/h4-5,10H,2-3,6-9,11H2,1H3,(H,18,23). The maximum atomic E-state index is 12.6. The molecule has 0 bridgehead atoms. The van der Waals surface area contributed by atoms with Crippen molar-refractivity contribution in [2.45, 2.75) is 44.7 Å². The van der Waals surface area contributed by atoms with Crippen LogP contribution in [-0.4, -0.2) is 39.3 Å². The lowest BCUT2D eigenvalue weighted by Crippen LogP contribution is -2.45. The third kappa shape index (κ3) is 3.04. The first-order valence-electron chi connectivity index (χ1n) is 8.60. The number of carbonyl (C=O) groups is 1. The van der Waals surface area contributed by atoms with Crippen LogP contribution < -0.4 is 14.8 Å². The lowest BCUT2D eigenvalue weighted by Gasteiger charge is -2.32. The summed E-state index contributed by atoms with van der Waals surface area (Å²) in [4.78, 5) is 12.6. The fourth-order valence-corrected chi connectivity index (χ4v) is 3.64. The Hall–Kier alpha value is -2.64. The largest absolute Gasteiger partial charge is 0.486 e. The van der Waals surface area contributed by atoms with E-state index in [2.05, 4.69) is 20.8 Å². The van der Waals surface area contributed by atoms with E-state index in [1.165, 1.54) is 4.68 Å². The predicted octanol–water partition coefficient (Wildman–Crippen LogP) is 1.34. The van der Waals surface area contributed by atoms with Gasteiger partial charge in [-0.1, -0.05) is 18.9 Å². The number of carbonyl (C=O) groups excluding carboxylic acids is 1. The van der Waals surface area contributed by atoms with Gasteiger partial charge in [-0.05, 0) is 47.9 Å². The molecule has 1 aromatic carbocycles. The van der Waals surface area contributed by atoms with E-state index in [9.17, 15) is 4.79 Å². The number of benzene rings is 1. The Labute approximate surface area is 145 Å². The van der Waals surface area contributed by atoms with Crippen LogP contribution in [0.3, 0.4) is 0 Å². The maximum absolute atomic E-state index is 12.6. The number of fused-ring (bicyclic) bond motifs is 1. The van der Waals surface area contributed by atoms with E-state index in [0.717, 1.165) is 42.7 Å². The number of hydrogen-bond donors (Lipinski definition) is 1. The molecule has 1 aliphatic carbocycles. The lowest BCUT2D eigenvalue weighted by molar-refractivity contribution is -0.124. The Morgan fingerprint density at radius 3 is 2.72 bits per heavy atom. The Kier molecular flexibility index (Phi) is 4.03. The molecule has 25 heavy (non-hydrogen) atoms. The summed E-state index contributed by atoms with van der Waals surface area (Å²) in [7, 11) is 0. The zero-order chi connectivity index (χ0) is 17.3. The molecule has 2 aromatic rings. The summed E-state index contributed by atoms with van der Waals surface area (Å²) in [6.07, 6.45) is 3.98. The van der Waals surface area contributed by atoms with E-state index >= 15 is 0 Å². The van der Waals surface area contributed by atoms with Crippen LogP contribution in [0, 0.1) is 6.92 Å². The fraction of sp³-hybridized carbons (Fsp3) is 0.529. The number of aryl methyl sites for hydroxylation is 1. The average Bonchev–Trinajstić information content (AvgIpc) is 3.25. The van der Waals surface area contributed by atoms with Crippen LogP contribution in [0.15, 0.2) is 18.2 Å². The molecule has 1 aromatic heterocycles. The number of aromatic nitrogens is 4. The number of amides is 1. The number of ether oxygens (including phenoxy) is 2. The van der Waals surface area contributed by atoms with Crippen LogP contribution in [-0.2, 0) is 16.9 Å². The Morgan fingerprint density at radius 1 is 1.24 bits per heavy atom. The highest BCUT2D eigenvalue weighted by atomic mass is 16.6. The van der Waals surface area contributed by atoms with Gasteiger partial charge in [-0.25, -0.2) is 4.68 Å². The Balaban J connectivity index is 1.57. The first kappa shape index (κ1) is 15.9. The number of hydrogen-bond acceptors (Lipinski definition) is 6. The summed E-state index contributed by atoms with van der Waals surface area (Å²) in [6.45, 7) is 3.01. The Bertz CT molecular complexity index is 782. The molecule has 1 amide bonds. The maximum Gasteiger partial charge on any atom is 0.242 e. The molecule has 8 nitrogen and oxygen atoms in total. The van der Waals surface area contributed by atoms with Gasteiger partial charge in [-0.15, -0.1) is 5.10 Å². The molecule has 1 N–H and O–H groups in total. The summed E-state index contributed by atoms with van der Waals surface area (Å²) >= 11 is 0. The molecule has 1 saturated carbocycles. The minimum absolute atomic E-state index is 0.0906. The van der Waals surface area contributed by atoms with Gasteiger partial charge in [0.25, 0.3) is 0 Å². The van der Waals surface area contributed by atoms with Crippen molar-refractivity contribution in [3.63, 3.8) is 0 Å². The predicted molar refractivity (Wildman–Crippen MR) is 88.3 cm³/mol. The van der Waals surface area contributed by atoms with Gasteiger partial charge >= 0.3 is 0 Å². The second-order valence-electron chi connectivity index (χ2n) is 6.58. The molecule has 132 valence electrons. The minimum atomic E-state index is -0.366. The van der Waals surface area contributed by atoms with E-state index in [1.807, 2.05) is 18.2 Å².